The zero-order valence-corrected chi connectivity index (χ0v) is 12.2. The van der Waals surface area contributed by atoms with Crippen molar-refractivity contribution < 1.29 is 15.0 Å². The Bertz CT molecular complexity index is 186. The standard InChI is InChI=1S/C14H28O3S/c15-11-7-3-1-2-4-8-12-18-13-9-5-6-10-14(16)17/h15H,1-13H2,(H,16,17). The Balaban J connectivity index is 2.92. The lowest BCUT2D eigenvalue weighted by molar-refractivity contribution is -0.137. The Kier molecular flexibility index (Phi) is 14.7. The zero-order valence-electron chi connectivity index (χ0n) is 11.4. The Morgan fingerprint density at radius 2 is 1.28 bits per heavy atom. The number of unbranched alkanes of at least 4 members (excludes halogenated alkanes) is 7. The molecule has 0 aromatic rings. The van der Waals surface area contributed by atoms with Crippen LogP contribution in [0.4, 0.5) is 0 Å². The lowest BCUT2D eigenvalue weighted by atomic mass is 10.1. The van der Waals surface area contributed by atoms with Gasteiger partial charge < -0.3 is 10.2 Å². The molecule has 0 aliphatic rings. The fourth-order valence-corrected chi connectivity index (χ4v) is 2.80. The van der Waals surface area contributed by atoms with Gasteiger partial charge in [-0.2, -0.15) is 11.8 Å². The van der Waals surface area contributed by atoms with Gasteiger partial charge in [0.2, 0.25) is 0 Å². The van der Waals surface area contributed by atoms with Gasteiger partial charge in [-0.25, -0.2) is 0 Å². The van der Waals surface area contributed by atoms with Gasteiger partial charge in [-0.05, 0) is 37.2 Å². The van der Waals surface area contributed by atoms with Crippen molar-refractivity contribution in [3.05, 3.63) is 0 Å². The Hall–Kier alpha value is -0.220. The fourth-order valence-electron chi connectivity index (χ4n) is 1.78. The van der Waals surface area contributed by atoms with Crippen LogP contribution in [-0.4, -0.2) is 34.3 Å². The largest absolute Gasteiger partial charge is 0.481 e. The van der Waals surface area contributed by atoms with E-state index in [0.29, 0.717) is 13.0 Å². The van der Waals surface area contributed by atoms with Crippen LogP contribution in [0.1, 0.15) is 64.2 Å². The molecule has 0 rings (SSSR count). The monoisotopic (exact) mass is 276 g/mol. The second-order valence-corrected chi connectivity index (χ2v) is 5.89. The number of aliphatic carboxylic acids is 1. The summed E-state index contributed by atoms with van der Waals surface area (Å²) >= 11 is 1.99. The number of aliphatic hydroxyl groups excluding tert-OH is 1. The van der Waals surface area contributed by atoms with Crippen molar-refractivity contribution in [2.45, 2.75) is 64.2 Å². The van der Waals surface area contributed by atoms with Crippen molar-refractivity contribution in [3.63, 3.8) is 0 Å². The van der Waals surface area contributed by atoms with Gasteiger partial charge in [0, 0.05) is 13.0 Å². The molecule has 0 amide bonds. The average molecular weight is 276 g/mol. The molecule has 0 bridgehead atoms. The number of hydrogen-bond donors (Lipinski definition) is 2. The summed E-state index contributed by atoms with van der Waals surface area (Å²) in [5.74, 6) is 1.73. The van der Waals surface area contributed by atoms with Crippen molar-refractivity contribution in [2.24, 2.45) is 0 Å². The van der Waals surface area contributed by atoms with Gasteiger partial charge in [0.1, 0.15) is 0 Å². The van der Waals surface area contributed by atoms with Gasteiger partial charge in [-0.15, -0.1) is 0 Å². The lowest BCUT2D eigenvalue weighted by Gasteiger charge is -2.02. The molecule has 0 saturated carbocycles. The maximum absolute atomic E-state index is 10.3. The molecule has 0 aliphatic carbocycles. The van der Waals surface area contributed by atoms with E-state index in [9.17, 15) is 4.79 Å². The maximum atomic E-state index is 10.3. The lowest BCUT2D eigenvalue weighted by Crippen LogP contribution is -1.94. The average Bonchev–Trinajstić information content (AvgIpc) is 2.34. The molecule has 0 atom stereocenters. The molecule has 0 aromatic carbocycles. The second kappa shape index (κ2) is 14.8. The van der Waals surface area contributed by atoms with Crippen LogP contribution in [0.3, 0.4) is 0 Å². The quantitative estimate of drug-likeness (QED) is 0.475. The molecule has 0 aromatic heterocycles. The van der Waals surface area contributed by atoms with Gasteiger partial charge in [0.25, 0.3) is 0 Å². The third-order valence-electron chi connectivity index (χ3n) is 2.88. The Morgan fingerprint density at radius 1 is 0.778 bits per heavy atom. The minimum atomic E-state index is -0.677. The number of hydrogen-bond acceptors (Lipinski definition) is 3. The highest BCUT2D eigenvalue weighted by molar-refractivity contribution is 7.99. The molecule has 0 unspecified atom stereocenters. The van der Waals surface area contributed by atoms with Crippen LogP contribution >= 0.6 is 11.8 Å². The van der Waals surface area contributed by atoms with E-state index in [-0.39, 0.29) is 0 Å². The first-order valence-corrected chi connectivity index (χ1v) is 8.33. The first-order valence-electron chi connectivity index (χ1n) is 7.17. The van der Waals surface area contributed by atoms with Crippen LogP contribution in [0, 0.1) is 0 Å². The molecule has 0 aliphatic heterocycles. The Morgan fingerprint density at radius 3 is 1.83 bits per heavy atom. The molecule has 0 fully saturated rings. The Labute approximate surface area is 115 Å². The summed E-state index contributed by atoms with van der Waals surface area (Å²) < 4.78 is 0. The molecule has 2 N–H and O–H groups in total. The van der Waals surface area contributed by atoms with E-state index in [1.165, 1.54) is 37.2 Å². The van der Waals surface area contributed by atoms with E-state index < -0.39 is 5.97 Å². The van der Waals surface area contributed by atoms with Crippen LogP contribution in [-0.2, 0) is 4.79 Å². The van der Waals surface area contributed by atoms with Crippen molar-refractivity contribution >= 4 is 17.7 Å². The van der Waals surface area contributed by atoms with Crippen LogP contribution in [0.25, 0.3) is 0 Å². The summed E-state index contributed by atoms with van der Waals surface area (Å²) in [5, 5.41) is 17.1. The summed E-state index contributed by atoms with van der Waals surface area (Å²) in [6, 6.07) is 0. The van der Waals surface area contributed by atoms with Crippen LogP contribution in [0.2, 0.25) is 0 Å². The fraction of sp³-hybridized carbons (Fsp3) is 0.929. The van der Waals surface area contributed by atoms with Crippen LogP contribution in [0.5, 0.6) is 0 Å². The third kappa shape index (κ3) is 15.8. The molecule has 0 radical (unpaired) electrons. The molecule has 108 valence electrons. The highest BCUT2D eigenvalue weighted by atomic mass is 32.2. The normalized spacial score (nSPS) is 10.7. The first kappa shape index (κ1) is 17.8. The summed E-state index contributed by atoms with van der Waals surface area (Å²) in [6.45, 7) is 0.331. The van der Waals surface area contributed by atoms with Crippen molar-refractivity contribution in [1.29, 1.82) is 0 Å². The van der Waals surface area contributed by atoms with Crippen LogP contribution < -0.4 is 0 Å². The van der Waals surface area contributed by atoms with Gasteiger partial charge in [-0.1, -0.05) is 32.1 Å². The summed E-state index contributed by atoms with van der Waals surface area (Å²) in [7, 11) is 0. The van der Waals surface area contributed by atoms with Gasteiger partial charge in [0.15, 0.2) is 0 Å². The topological polar surface area (TPSA) is 57.5 Å². The molecule has 3 nitrogen and oxygen atoms in total. The predicted octanol–water partition coefficient (Wildman–Crippen LogP) is 3.70. The predicted molar refractivity (Wildman–Crippen MR) is 78.2 cm³/mol. The molecular weight excluding hydrogens is 248 g/mol. The van der Waals surface area contributed by atoms with E-state index in [1.807, 2.05) is 11.8 Å². The third-order valence-corrected chi connectivity index (χ3v) is 4.03. The number of rotatable bonds is 14. The minimum Gasteiger partial charge on any atom is -0.481 e. The summed E-state index contributed by atoms with van der Waals surface area (Å²) in [6.07, 6.45) is 10.6. The maximum Gasteiger partial charge on any atom is 0.303 e. The summed E-state index contributed by atoms with van der Waals surface area (Å²) in [5.41, 5.74) is 0. The highest BCUT2D eigenvalue weighted by Gasteiger charge is 1.96. The smallest absolute Gasteiger partial charge is 0.303 e. The number of carboxylic acid groups (broad SMARTS) is 1. The van der Waals surface area contributed by atoms with E-state index in [4.69, 9.17) is 10.2 Å². The SMILES string of the molecule is O=C(O)CCCCCSCCCCCCCCO. The number of aliphatic hydroxyl groups is 1. The number of thioether (sulfide) groups is 1. The highest BCUT2D eigenvalue weighted by Crippen LogP contribution is 2.12. The van der Waals surface area contributed by atoms with E-state index in [0.717, 1.165) is 32.1 Å². The molecule has 0 spiro atoms. The van der Waals surface area contributed by atoms with E-state index in [2.05, 4.69) is 0 Å². The van der Waals surface area contributed by atoms with Gasteiger partial charge in [-0.3, -0.25) is 4.79 Å². The molecule has 0 saturated heterocycles. The van der Waals surface area contributed by atoms with E-state index in [1.54, 1.807) is 0 Å². The second-order valence-electron chi connectivity index (χ2n) is 4.66. The van der Waals surface area contributed by atoms with Crippen molar-refractivity contribution in [1.82, 2.24) is 0 Å². The minimum absolute atomic E-state index is 0.318. The zero-order chi connectivity index (χ0) is 13.5. The summed E-state index contributed by atoms with van der Waals surface area (Å²) in [4.78, 5) is 10.3. The molecule has 0 heterocycles. The first-order chi connectivity index (χ1) is 8.77. The van der Waals surface area contributed by atoms with Gasteiger partial charge >= 0.3 is 5.97 Å². The molecule has 4 heteroatoms. The van der Waals surface area contributed by atoms with Crippen molar-refractivity contribution in [3.8, 4) is 0 Å². The van der Waals surface area contributed by atoms with Crippen molar-refractivity contribution in [2.75, 3.05) is 18.1 Å². The molecule has 18 heavy (non-hydrogen) atoms. The van der Waals surface area contributed by atoms with Gasteiger partial charge in [0.05, 0.1) is 0 Å². The van der Waals surface area contributed by atoms with E-state index >= 15 is 0 Å². The number of carbonyl (C=O) groups is 1. The van der Waals surface area contributed by atoms with Crippen LogP contribution in [0.15, 0.2) is 0 Å². The number of carboxylic acids is 1. The molecular formula is C14H28O3S.